The highest BCUT2D eigenvalue weighted by atomic mass is 35.5. The minimum atomic E-state index is -0.0486. The average molecular weight is 306 g/mol. The van der Waals surface area contributed by atoms with E-state index in [4.69, 9.17) is 11.6 Å². The summed E-state index contributed by atoms with van der Waals surface area (Å²) in [6.45, 7) is 1.90. The molecule has 110 valence electrons. The van der Waals surface area contributed by atoms with Crippen molar-refractivity contribution in [1.29, 1.82) is 0 Å². The van der Waals surface area contributed by atoms with Crippen LogP contribution in [-0.2, 0) is 6.54 Å². The van der Waals surface area contributed by atoms with Gasteiger partial charge >= 0.3 is 6.03 Å². The van der Waals surface area contributed by atoms with Crippen molar-refractivity contribution < 1.29 is 4.79 Å². The van der Waals surface area contributed by atoms with E-state index in [9.17, 15) is 4.79 Å². The van der Waals surface area contributed by atoms with Gasteiger partial charge in [-0.15, -0.1) is 5.10 Å². The van der Waals surface area contributed by atoms with Gasteiger partial charge in [-0.3, -0.25) is 0 Å². The van der Waals surface area contributed by atoms with E-state index in [2.05, 4.69) is 15.6 Å². The minimum absolute atomic E-state index is 0.0486. The average Bonchev–Trinajstić information content (AvgIpc) is 3.17. The second kappa shape index (κ2) is 6.13. The molecule has 2 amide bonds. The quantitative estimate of drug-likeness (QED) is 0.944. The van der Waals surface area contributed by atoms with Crippen LogP contribution in [0.2, 0.25) is 5.02 Å². The van der Waals surface area contributed by atoms with Crippen molar-refractivity contribution in [2.75, 3.05) is 13.1 Å². The molecule has 6 nitrogen and oxygen atoms in total. The number of amides is 2. The number of aromatic nitrogens is 3. The van der Waals surface area contributed by atoms with E-state index in [1.807, 2.05) is 40.0 Å². The maximum absolute atomic E-state index is 12.1. The van der Waals surface area contributed by atoms with Crippen molar-refractivity contribution in [3.8, 4) is 0 Å². The fraction of sp³-hybridized carbons (Fsp3) is 0.357. The molecule has 0 unspecified atom stereocenters. The van der Waals surface area contributed by atoms with Crippen LogP contribution in [0.15, 0.2) is 36.7 Å². The molecule has 2 heterocycles. The number of halogens is 1. The Bertz CT molecular complexity index is 598. The largest absolute Gasteiger partial charge is 0.334 e. The Kier molecular flexibility index (Phi) is 4.06. The standard InChI is InChI=1S/C14H16ClN5O/c15-12-3-1-11(2-4-12)9-16-14(21)19-7-5-13(10-19)20-8-6-17-18-20/h1-4,6,8,13H,5,7,9-10H2,(H,16,21)/t13-/m0/s1. The third-order valence-electron chi connectivity index (χ3n) is 3.62. The van der Waals surface area contributed by atoms with Crippen molar-refractivity contribution in [2.45, 2.75) is 19.0 Å². The molecule has 0 saturated carbocycles. The van der Waals surface area contributed by atoms with Gasteiger partial charge in [-0.2, -0.15) is 0 Å². The molecule has 7 heteroatoms. The Labute approximate surface area is 127 Å². The molecule has 1 saturated heterocycles. The van der Waals surface area contributed by atoms with Crippen LogP contribution in [0.25, 0.3) is 0 Å². The summed E-state index contributed by atoms with van der Waals surface area (Å²) in [4.78, 5) is 14.0. The molecule has 1 aromatic carbocycles. The summed E-state index contributed by atoms with van der Waals surface area (Å²) in [5.41, 5.74) is 1.03. The number of urea groups is 1. The first-order valence-electron chi connectivity index (χ1n) is 6.85. The van der Waals surface area contributed by atoms with Crippen molar-refractivity contribution in [2.24, 2.45) is 0 Å². The van der Waals surface area contributed by atoms with Gasteiger partial charge in [0.1, 0.15) is 0 Å². The molecular weight excluding hydrogens is 290 g/mol. The molecule has 0 bridgehead atoms. The summed E-state index contributed by atoms with van der Waals surface area (Å²) < 4.78 is 1.81. The van der Waals surface area contributed by atoms with Crippen LogP contribution in [0.3, 0.4) is 0 Å². The summed E-state index contributed by atoms with van der Waals surface area (Å²) in [6.07, 6.45) is 4.39. The fourth-order valence-corrected chi connectivity index (χ4v) is 2.57. The predicted octanol–water partition coefficient (Wildman–Crippen LogP) is 2.09. The summed E-state index contributed by atoms with van der Waals surface area (Å²) in [7, 11) is 0. The summed E-state index contributed by atoms with van der Waals surface area (Å²) in [5.74, 6) is 0. The Hall–Kier alpha value is -2.08. The third kappa shape index (κ3) is 3.33. The Morgan fingerprint density at radius 2 is 2.19 bits per heavy atom. The molecule has 0 aliphatic carbocycles. The first-order valence-corrected chi connectivity index (χ1v) is 7.23. The SMILES string of the molecule is O=C(NCc1ccc(Cl)cc1)N1CC[C@H](n2ccnn2)C1. The maximum Gasteiger partial charge on any atom is 0.317 e. The molecule has 0 radical (unpaired) electrons. The second-order valence-electron chi connectivity index (χ2n) is 5.06. The van der Waals surface area contributed by atoms with Gasteiger partial charge in [0.15, 0.2) is 0 Å². The summed E-state index contributed by atoms with van der Waals surface area (Å²) in [6, 6.07) is 7.62. The van der Waals surface area contributed by atoms with Gasteiger partial charge in [0.05, 0.1) is 12.2 Å². The van der Waals surface area contributed by atoms with E-state index in [0.29, 0.717) is 18.1 Å². The summed E-state index contributed by atoms with van der Waals surface area (Å²) in [5, 5.41) is 11.4. The van der Waals surface area contributed by atoms with E-state index in [1.165, 1.54) is 0 Å². The van der Waals surface area contributed by atoms with Gasteiger partial charge < -0.3 is 10.2 Å². The number of rotatable bonds is 3. The number of hydrogen-bond donors (Lipinski definition) is 1. The zero-order valence-corrected chi connectivity index (χ0v) is 12.2. The molecule has 1 aliphatic heterocycles. The first kappa shape index (κ1) is 13.9. The predicted molar refractivity (Wildman–Crippen MR) is 78.9 cm³/mol. The van der Waals surface area contributed by atoms with E-state index in [1.54, 1.807) is 6.20 Å². The lowest BCUT2D eigenvalue weighted by atomic mass is 10.2. The van der Waals surface area contributed by atoms with Gasteiger partial charge in [-0.05, 0) is 24.1 Å². The molecular formula is C14H16ClN5O. The Morgan fingerprint density at radius 3 is 2.90 bits per heavy atom. The molecule has 1 atom stereocenters. The van der Waals surface area contributed by atoms with E-state index < -0.39 is 0 Å². The molecule has 1 fully saturated rings. The molecule has 1 aromatic heterocycles. The maximum atomic E-state index is 12.1. The highest BCUT2D eigenvalue weighted by Crippen LogP contribution is 2.20. The number of nitrogens with zero attached hydrogens (tertiary/aromatic N) is 4. The van der Waals surface area contributed by atoms with Gasteiger partial charge in [0.2, 0.25) is 0 Å². The van der Waals surface area contributed by atoms with E-state index in [-0.39, 0.29) is 12.1 Å². The van der Waals surface area contributed by atoms with Crippen molar-refractivity contribution >= 4 is 17.6 Å². The van der Waals surface area contributed by atoms with Crippen LogP contribution < -0.4 is 5.32 Å². The highest BCUT2D eigenvalue weighted by Gasteiger charge is 2.27. The lowest BCUT2D eigenvalue weighted by Crippen LogP contribution is -2.38. The number of benzene rings is 1. The molecule has 21 heavy (non-hydrogen) atoms. The molecule has 0 spiro atoms. The van der Waals surface area contributed by atoms with Gasteiger partial charge in [-0.1, -0.05) is 28.9 Å². The molecule has 1 N–H and O–H groups in total. The van der Waals surface area contributed by atoms with Crippen LogP contribution >= 0.6 is 11.6 Å². The van der Waals surface area contributed by atoms with E-state index in [0.717, 1.165) is 18.5 Å². The second-order valence-corrected chi connectivity index (χ2v) is 5.49. The Morgan fingerprint density at radius 1 is 1.38 bits per heavy atom. The van der Waals surface area contributed by atoms with Crippen molar-refractivity contribution in [3.63, 3.8) is 0 Å². The highest BCUT2D eigenvalue weighted by molar-refractivity contribution is 6.30. The van der Waals surface area contributed by atoms with Gasteiger partial charge in [0, 0.05) is 30.9 Å². The molecule has 1 aliphatic rings. The zero-order valence-electron chi connectivity index (χ0n) is 11.4. The normalized spacial score (nSPS) is 18.0. The van der Waals surface area contributed by atoms with Crippen LogP contribution in [0.1, 0.15) is 18.0 Å². The lowest BCUT2D eigenvalue weighted by molar-refractivity contribution is 0.206. The first-order chi connectivity index (χ1) is 10.2. The van der Waals surface area contributed by atoms with Crippen LogP contribution in [0.4, 0.5) is 4.79 Å². The number of hydrogen-bond acceptors (Lipinski definition) is 3. The van der Waals surface area contributed by atoms with E-state index >= 15 is 0 Å². The third-order valence-corrected chi connectivity index (χ3v) is 3.87. The Balaban J connectivity index is 1.51. The smallest absolute Gasteiger partial charge is 0.317 e. The van der Waals surface area contributed by atoms with Crippen LogP contribution in [0, 0.1) is 0 Å². The summed E-state index contributed by atoms with van der Waals surface area (Å²) >= 11 is 5.83. The van der Waals surface area contributed by atoms with Gasteiger partial charge in [-0.25, -0.2) is 9.48 Å². The fourth-order valence-electron chi connectivity index (χ4n) is 2.45. The zero-order chi connectivity index (χ0) is 14.7. The van der Waals surface area contributed by atoms with Crippen LogP contribution in [-0.4, -0.2) is 39.0 Å². The topological polar surface area (TPSA) is 63.1 Å². The molecule has 2 aromatic rings. The monoisotopic (exact) mass is 305 g/mol. The lowest BCUT2D eigenvalue weighted by Gasteiger charge is -2.17. The van der Waals surface area contributed by atoms with Crippen molar-refractivity contribution in [1.82, 2.24) is 25.2 Å². The van der Waals surface area contributed by atoms with Crippen LogP contribution in [0.5, 0.6) is 0 Å². The van der Waals surface area contributed by atoms with Gasteiger partial charge in [0.25, 0.3) is 0 Å². The number of carbonyl (C=O) groups excluding carboxylic acids is 1. The number of likely N-dealkylation sites (tertiary alicyclic amines) is 1. The number of nitrogens with one attached hydrogen (secondary N) is 1. The van der Waals surface area contributed by atoms with Crippen molar-refractivity contribution in [3.05, 3.63) is 47.2 Å². The molecule has 3 rings (SSSR count). The minimum Gasteiger partial charge on any atom is -0.334 e. The number of carbonyl (C=O) groups is 1.